The van der Waals surface area contributed by atoms with E-state index in [1.54, 1.807) is 0 Å². The van der Waals surface area contributed by atoms with Gasteiger partial charge in [-0.25, -0.2) is 0 Å². The van der Waals surface area contributed by atoms with Gasteiger partial charge in [0.05, 0.1) is 6.10 Å². The average molecular weight is 210 g/mol. The monoisotopic (exact) mass is 210 g/mol. The van der Waals surface area contributed by atoms with Gasteiger partial charge in [0, 0.05) is 0 Å². The quantitative estimate of drug-likeness (QED) is 0.475. The highest BCUT2D eigenvalue weighted by atomic mass is 127. The van der Waals surface area contributed by atoms with E-state index in [0.29, 0.717) is 6.10 Å². The summed E-state index contributed by atoms with van der Waals surface area (Å²) in [6.45, 7) is 0. The van der Waals surface area contributed by atoms with Gasteiger partial charge in [0.1, 0.15) is 23.0 Å². The van der Waals surface area contributed by atoms with Gasteiger partial charge in [-0.15, -0.1) is 0 Å². The molecule has 0 aliphatic heterocycles. The predicted octanol–water partition coefficient (Wildman–Crippen LogP) is 2.07. The first-order valence-electron chi connectivity index (χ1n) is 2.36. The van der Waals surface area contributed by atoms with Gasteiger partial charge < -0.3 is 3.07 Å². The van der Waals surface area contributed by atoms with E-state index in [0.717, 1.165) is 12.8 Å². The van der Waals surface area contributed by atoms with Crippen LogP contribution in [-0.4, -0.2) is 6.10 Å². The van der Waals surface area contributed by atoms with Gasteiger partial charge in [-0.05, 0) is 12.8 Å². The molecule has 2 heteroatoms. The highest BCUT2D eigenvalue weighted by Gasteiger charge is 2.07. The highest BCUT2D eigenvalue weighted by molar-refractivity contribution is 14.1. The van der Waals surface area contributed by atoms with Crippen LogP contribution in [0.5, 0.6) is 0 Å². The summed E-state index contributed by atoms with van der Waals surface area (Å²) in [5.41, 5.74) is 0. The molecule has 0 aromatic heterocycles. The summed E-state index contributed by atoms with van der Waals surface area (Å²) in [5.74, 6) is 0. The van der Waals surface area contributed by atoms with E-state index in [1.807, 2.05) is 23.0 Å². The number of halogens is 1. The smallest absolute Gasteiger partial charge is 0.110 e. The third kappa shape index (κ3) is 1.42. The van der Waals surface area contributed by atoms with Gasteiger partial charge in [0.15, 0.2) is 0 Å². The maximum Gasteiger partial charge on any atom is 0.110 e. The average Bonchev–Trinajstić information content (AvgIpc) is 2.14. The van der Waals surface area contributed by atoms with Crippen molar-refractivity contribution in [3.05, 3.63) is 12.2 Å². The lowest BCUT2D eigenvalue weighted by atomic mass is 10.3. The Labute approximate surface area is 57.4 Å². The summed E-state index contributed by atoms with van der Waals surface area (Å²) >= 11 is 1.95. The molecule has 0 saturated heterocycles. The molecule has 0 radical (unpaired) electrons. The molecule has 1 aliphatic rings. The van der Waals surface area contributed by atoms with Crippen molar-refractivity contribution in [3.8, 4) is 0 Å². The second kappa shape index (κ2) is 2.67. The molecular weight excluding hydrogens is 203 g/mol. The summed E-state index contributed by atoms with van der Waals surface area (Å²) in [6, 6.07) is 0. The Morgan fingerprint density at radius 3 is 2.29 bits per heavy atom. The zero-order chi connectivity index (χ0) is 5.11. The van der Waals surface area contributed by atoms with Gasteiger partial charge in [-0.2, -0.15) is 0 Å². The number of hydrogen-bond donors (Lipinski definition) is 0. The molecule has 0 spiro atoms. The lowest BCUT2D eigenvalue weighted by Gasteiger charge is -1.99. The summed E-state index contributed by atoms with van der Waals surface area (Å²) in [6.07, 6.45) is 6.99. The normalized spacial score (nSPS) is 21.3. The van der Waals surface area contributed by atoms with E-state index in [4.69, 9.17) is 3.07 Å². The van der Waals surface area contributed by atoms with E-state index >= 15 is 0 Å². The SMILES string of the molecule is IOC1CC=CC1. The van der Waals surface area contributed by atoms with E-state index in [2.05, 4.69) is 12.2 Å². The third-order valence-electron chi connectivity index (χ3n) is 1.09. The number of rotatable bonds is 1. The Bertz CT molecular complexity index is 72.1. The number of hydrogen-bond acceptors (Lipinski definition) is 1. The topological polar surface area (TPSA) is 9.23 Å². The predicted molar refractivity (Wildman–Crippen MR) is 37.3 cm³/mol. The molecule has 0 atom stereocenters. The van der Waals surface area contributed by atoms with Gasteiger partial charge in [-0.1, -0.05) is 12.2 Å². The molecular formula is C5H7IO. The van der Waals surface area contributed by atoms with Crippen molar-refractivity contribution in [1.82, 2.24) is 0 Å². The Hall–Kier alpha value is 0.430. The summed E-state index contributed by atoms with van der Waals surface area (Å²) in [5, 5.41) is 0. The van der Waals surface area contributed by atoms with Crippen molar-refractivity contribution in [2.45, 2.75) is 18.9 Å². The maximum atomic E-state index is 5.02. The van der Waals surface area contributed by atoms with Crippen molar-refractivity contribution in [2.75, 3.05) is 0 Å². The van der Waals surface area contributed by atoms with Crippen LogP contribution in [0.25, 0.3) is 0 Å². The highest BCUT2D eigenvalue weighted by Crippen LogP contribution is 2.15. The largest absolute Gasteiger partial charge is 0.312 e. The first kappa shape index (κ1) is 5.56. The van der Waals surface area contributed by atoms with Crippen LogP contribution in [0, 0.1) is 0 Å². The Balaban J connectivity index is 2.22. The Morgan fingerprint density at radius 1 is 1.43 bits per heavy atom. The molecule has 0 saturated carbocycles. The zero-order valence-electron chi connectivity index (χ0n) is 3.93. The van der Waals surface area contributed by atoms with E-state index < -0.39 is 0 Å². The molecule has 1 aliphatic carbocycles. The summed E-state index contributed by atoms with van der Waals surface area (Å²) in [4.78, 5) is 0. The van der Waals surface area contributed by atoms with Crippen LogP contribution in [-0.2, 0) is 3.07 Å². The van der Waals surface area contributed by atoms with Gasteiger partial charge in [0.25, 0.3) is 0 Å². The van der Waals surface area contributed by atoms with E-state index in [-0.39, 0.29) is 0 Å². The van der Waals surface area contributed by atoms with E-state index in [9.17, 15) is 0 Å². The fourth-order valence-corrected chi connectivity index (χ4v) is 1.08. The van der Waals surface area contributed by atoms with Crippen LogP contribution in [0.2, 0.25) is 0 Å². The first-order valence-corrected chi connectivity index (χ1v) is 3.24. The molecule has 0 fully saturated rings. The minimum absolute atomic E-state index is 0.473. The van der Waals surface area contributed by atoms with Crippen LogP contribution in [0.1, 0.15) is 12.8 Å². The Kier molecular flexibility index (Phi) is 2.12. The Morgan fingerprint density at radius 2 is 2.00 bits per heavy atom. The molecule has 0 bridgehead atoms. The lowest BCUT2D eigenvalue weighted by Crippen LogP contribution is -1.98. The van der Waals surface area contributed by atoms with Crippen molar-refractivity contribution in [2.24, 2.45) is 0 Å². The molecule has 0 N–H and O–H groups in total. The maximum absolute atomic E-state index is 5.02. The minimum Gasteiger partial charge on any atom is -0.312 e. The van der Waals surface area contributed by atoms with Crippen molar-refractivity contribution in [3.63, 3.8) is 0 Å². The molecule has 1 nitrogen and oxygen atoms in total. The van der Waals surface area contributed by atoms with Crippen molar-refractivity contribution in [1.29, 1.82) is 0 Å². The molecule has 0 aromatic carbocycles. The van der Waals surface area contributed by atoms with Gasteiger partial charge in [-0.3, -0.25) is 0 Å². The summed E-state index contributed by atoms with van der Waals surface area (Å²) in [7, 11) is 0. The minimum atomic E-state index is 0.473. The van der Waals surface area contributed by atoms with Gasteiger partial charge in [0.2, 0.25) is 0 Å². The van der Waals surface area contributed by atoms with Gasteiger partial charge >= 0.3 is 0 Å². The first-order chi connectivity index (χ1) is 3.43. The van der Waals surface area contributed by atoms with Crippen LogP contribution >= 0.6 is 23.0 Å². The van der Waals surface area contributed by atoms with Crippen molar-refractivity contribution < 1.29 is 3.07 Å². The van der Waals surface area contributed by atoms with Crippen LogP contribution in [0.4, 0.5) is 0 Å². The molecule has 0 aromatic rings. The van der Waals surface area contributed by atoms with Crippen LogP contribution in [0.3, 0.4) is 0 Å². The molecule has 0 heterocycles. The molecule has 0 amide bonds. The molecule has 7 heavy (non-hydrogen) atoms. The lowest BCUT2D eigenvalue weighted by molar-refractivity contribution is 0.301. The van der Waals surface area contributed by atoms with E-state index in [1.165, 1.54) is 0 Å². The van der Waals surface area contributed by atoms with Crippen LogP contribution in [0.15, 0.2) is 12.2 Å². The summed E-state index contributed by atoms with van der Waals surface area (Å²) < 4.78 is 5.02. The standard InChI is InChI=1S/C5H7IO/c6-7-5-3-1-2-4-5/h1-2,5H,3-4H2. The molecule has 0 unspecified atom stereocenters. The fraction of sp³-hybridized carbons (Fsp3) is 0.600. The molecule has 40 valence electrons. The third-order valence-corrected chi connectivity index (χ3v) is 1.81. The second-order valence-corrected chi connectivity index (χ2v) is 2.16. The second-order valence-electron chi connectivity index (χ2n) is 1.65. The zero-order valence-corrected chi connectivity index (χ0v) is 6.09. The van der Waals surface area contributed by atoms with Crippen molar-refractivity contribution >= 4 is 23.0 Å². The van der Waals surface area contributed by atoms with Crippen LogP contribution < -0.4 is 0 Å². The fourth-order valence-electron chi connectivity index (χ4n) is 0.665. The molecule has 1 rings (SSSR count).